The molecule has 0 aromatic carbocycles. The summed E-state index contributed by atoms with van der Waals surface area (Å²) in [4.78, 5) is 11.1. The van der Waals surface area contributed by atoms with E-state index in [-0.39, 0.29) is 18.0 Å². The molecule has 1 aromatic heterocycles. The Hall–Kier alpha value is -1.25. The lowest BCUT2D eigenvalue weighted by Crippen LogP contribution is -2.46. The number of carbonyl (C=O) groups excluding carboxylic acids is 1. The molecule has 2 heterocycles. The number of ether oxygens (including phenoxy) is 1. The van der Waals surface area contributed by atoms with Crippen LogP contribution in [0.4, 0.5) is 0 Å². The Kier molecular flexibility index (Phi) is 5.21. The van der Waals surface area contributed by atoms with Crippen molar-refractivity contribution in [3.05, 3.63) is 30.1 Å². The SMILES string of the molecule is Cl.NC(=O)c1ccc[n+]([C@@H]2O[C@H](CO)[C@@H](O)[C@H]2O)c1. The number of amides is 1. The van der Waals surface area contributed by atoms with Crippen molar-refractivity contribution in [2.75, 3.05) is 6.61 Å². The van der Waals surface area contributed by atoms with Gasteiger partial charge in [0.25, 0.3) is 12.1 Å². The third-order valence-electron chi connectivity index (χ3n) is 2.92. The topological polar surface area (TPSA) is 117 Å². The van der Waals surface area contributed by atoms with Gasteiger partial charge in [-0.25, -0.2) is 0 Å². The summed E-state index contributed by atoms with van der Waals surface area (Å²) < 4.78 is 6.75. The van der Waals surface area contributed by atoms with E-state index < -0.39 is 37.1 Å². The average Bonchev–Trinajstić information content (AvgIpc) is 2.66. The Labute approximate surface area is 115 Å². The first-order chi connectivity index (χ1) is 8.54. The van der Waals surface area contributed by atoms with Gasteiger partial charge in [0.15, 0.2) is 18.5 Å². The number of aromatic nitrogens is 1. The first-order valence-electron chi connectivity index (χ1n) is 5.47. The minimum atomic E-state index is -1.18. The normalized spacial score (nSPS) is 29.8. The molecule has 1 saturated heterocycles. The highest BCUT2D eigenvalue weighted by atomic mass is 35.5. The molecule has 0 bridgehead atoms. The van der Waals surface area contributed by atoms with Crippen LogP contribution in [-0.4, -0.2) is 46.1 Å². The van der Waals surface area contributed by atoms with Crippen LogP contribution < -0.4 is 10.3 Å². The number of pyridine rings is 1. The zero-order valence-corrected chi connectivity index (χ0v) is 10.7. The summed E-state index contributed by atoms with van der Waals surface area (Å²) in [6, 6.07) is 3.11. The van der Waals surface area contributed by atoms with Crippen LogP contribution in [0.25, 0.3) is 0 Å². The highest BCUT2D eigenvalue weighted by Gasteiger charge is 2.47. The summed E-state index contributed by atoms with van der Waals surface area (Å²) in [6.07, 6.45) is -1.08. The summed E-state index contributed by atoms with van der Waals surface area (Å²) in [7, 11) is 0. The minimum absolute atomic E-state index is 0. The van der Waals surface area contributed by atoms with Gasteiger partial charge in [-0.05, 0) is 6.07 Å². The Morgan fingerprint density at radius 2 is 2.11 bits per heavy atom. The van der Waals surface area contributed by atoms with E-state index in [4.69, 9.17) is 15.6 Å². The maximum atomic E-state index is 11.1. The maximum absolute atomic E-state index is 11.1. The van der Waals surface area contributed by atoms with E-state index in [1.165, 1.54) is 16.8 Å². The number of aliphatic hydroxyl groups is 3. The highest BCUT2D eigenvalue weighted by molar-refractivity contribution is 5.92. The van der Waals surface area contributed by atoms with E-state index in [1.807, 2.05) is 0 Å². The first-order valence-corrected chi connectivity index (χ1v) is 5.47. The lowest BCUT2D eigenvalue weighted by Gasteiger charge is -2.09. The Balaban J connectivity index is 0.00000180. The van der Waals surface area contributed by atoms with Gasteiger partial charge < -0.3 is 25.8 Å². The van der Waals surface area contributed by atoms with Gasteiger partial charge >= 0.3 is 0 Å². The van der Waals surface area contributed by atoms with Crippen molar-refractivity contribution in [1.29, 1.82) is 0 Å². The van der Waals surface area contributed by atoms with E-state index in [9.17, 15) is 15.0 Å². The van der Waals surface area contributed by atoms with Crippen LogP contribution in [0.15, 0.2) is 24.5 Å². The van der Waals surface area contributed by atoms with Crippen LogP contribution in [0.3, 0.4) is 0 Å². The quantitative estimate of drug-likeness (QED) is 0.486. The molecule has 0 saturated carbocycles. The molecule has 19 heavy (non-hydrogen) atoms. The van der Waals surface area contributed by atoms with E-state index in [1.54, 1.807) is 12.3 Å². The molecule has 0 unspecified atom stereocenters. The predicted molar refractivity (Wildman–Crippen MR) is 65.4 cm³/mol. The third kappa shape index (κ3) is 3.02. The molecule has 7 nitrogen and oxygen atoms in total. The monoisotopic (exact) mass is 291 g/mol. The van der Waals surface area contributed by atoms with E-state index in [2.05, 4.69) is 0 Å². The number of nitrogens with zero attached hydrogens (tertiary/aromatic N) is 1. The van der Waals surface area contributed by atoms with Gasteiger partial charge in [-0.2, -0.15) is 4.57 Å². The molecular weight excluding hydrogens is 276 g/mol. The molecule has 0 aliphatic carbocycles. The Morgan fingerprint density at radius 1 is 1.42 bits per heavy atom. The molecule has 1 aliphatic rings. The molecular formula is C11H16ClN2O5+. The summed E-state index contributed by atoms with van der Waals surface area (Å²) in [5.74, 6) is -0.601. The number of aliphatic hydroxyl groups excluding tert-OH is 3. The summed E-state index contributed by atoms with van der Waals surface area (Å²) >= 11 is 0. The van der Waals surface area contributed by atoms with Crippen molar-refractivity contribution in [1.82, 2.24) is 0 Å². The van der Waals surface area contributed by atoms with Crippen LogP contribution in [0.2, 0.25) is 0 Å². The van der Waals surface area contributed by atoms with Gasteiger partial charge in [-0.1, -0.05) is 0 Å². The number of hydrogen-bond acceptors (Lipinski definition) is 5. The van der Waals surface area contributed by atoms with Crippen molar-refractivity contribution in [2.45, 2.75) is 24.5 Å². The van der Waals surface area contributed by atoms with Gasteiger partial charge in [0, 0.05) is 6.07 Å². The molecule has 1 amide bonds. The number of nitrogens with two attached hydrogens (primary N) is 1. The largest absolute Gasteiger partial charge is 0.394 e. The second-order valence-corrected chi connectivity index (χ2v) is 4.13. The molecule has 4 atom stereocenters. The van der Waals surface area contributed by atoms with Gasteiger partial charge in [0.1, 0.15) is 17.8 Å². The molecule has 0 radical (unpaired) electrons. The lowest BCUT2D eigenvalue weighted by atomic mass is 10.1. The van der Waals surface area contributed by atoms with E-state index >= 15 is 0 Å². The Morgan fingerprint density at radius 3 is 2.63 bits per heavy atom. The summed E-state index contributed by atoms with van der Waals surface area (Å²) in [5, 5.41) is 28.4. The standard InChI is InChI=1S/C11H14N2O5.ClH/c12-10(17)6-2-1-3-13(4-6)11-9(16)8(15)7(5-14)18-11;/h1-4,7-9,11,14-16H,5H2,(H-,12,17);1H/p+1/t7-,8-,9-,11-;/m1./s1. The van der Waals surface area contributed by atoms with Gasteiger partial charge in [0.2, 0.25) is 0 Å². The van der Waals surface area contributed by atoms with E-state index in [0.717, 1.165) is 0 Å². The van der Waals surface area contributed by atoms with Crippen LogP contribution in [0, 0.1) is 0 Å². The first kappa shape index (κ1) is 15.8. The number of primary amides is 1. The fraction of sp³-hybridized carbons (Fsp3) is 0.455. The number of carbonyl (C=O) groups is 1. The molecule has 1 aromatic rings. The van der Waals surface area contributed by atoms with Crippen molar-refractivity contribution in [2.24, 2.45) is 5.73 Å². The van der Waals surface area contributed by atoms with Crippen LogP contribution in [-0.2, 0) is 4.74 Å². The Bertz CT molecular complexity index is 458. The minimum Gasteiger partial charge on any atom is -0.394 e. The number of rotatable bonds is 3. The fourth-order valence-corrected chi connectivity index (χ4v) is 1.92. The smallest absolute Gasteiger partial charge is 0.292 e. The number of hydrogen-bond donors (Lipinski definition) is 4. The van der Waals surface area contributed by atoms with Gasteiger partial charge in [-0.15, -0.1) is 12.4 Å². The zero-order chi connectivity index (χ0) is 13.3. The molecule has 1 fully saturated rings. The molecule has 8 heteroatoms. The second kappa shape index (κ2) is 6.27. The molecule has 2 rings (SSSR count). The molecule has 5 N–H and O–H groups in total. The van der Waals surface area contributed by atoms with Crippen molar-refractivity contribution in [3.63, 3.8) is 0 Å². The molecule has 0 spiro atoms. The average molecular weight is 292 g/mol. The summed E-state index contributed by atoms with van der Waals surface area (Å²) in [6.45, 7) is -0.398. The van der Waals surface area contributed by atoms with Gasteiger partial charge in [0.05, 0.1) is 6.61 Å². The van der Waals surface area contributed by atoms with Crippen molar-refractivity contribution >= 4 is 18.3 Å². The van der Waals surface area contributed by atoms with Gasteiger partial charge in [-0.3, -0.25) is 4.79 Å². The van der Waals surface area contributed by atoms with E-state index in [0.29, 0.717) is 0 Å². The van der Waals surface area contributed by atoms with Crippen LogP contribution in [0.5, 0.6) is 0 Å². The van der Waals surface area contributed by atoms with Crippen molar-refractivity contribution in [3.8, 4) is 0 Å². The predicted octanol–water partition coefficient (Wildman–Crippen LogP) is -1.89. The highest BCUT2D eigenvalue weighted by Crippen LogP contribution is 2.24. The molecule has 1 aliphatic heterocycles. The fourth-order valence-electron chi connectivity index (χ4n) is 1.92. The van der Waals surface area contributed by atoms with Crippen molar-refractivity contribution < 1.29 is 29.4 Å². The molecule has 106 valence electrons. The van der Waals surface area contributed by atoms with Crippen LogP contribution >= 0.6 is 12.4 Å². The maximum Gasteiger partial charge on any atom is 0.292 e. The zero-order valence-electron chi connectivity index (χ0n) is 9.92. The second-order valence-electron chi connectivity index (χ2n) is 4.13. The summed E-state index contributed by atoms with van der Waals surface area (Å²) in [5.41, 5.74) is 5.41. The lowest BCUT2D eigenvalue weighted by molar-refractivity contribution is -0.765. The third-order valence-corrected chi connectivity index (χ3v) is 2.92. The van der Waals surface area contributed by atoms with Crippen LogP contribution in [0.1, 0.15) is 16.6 Å². The number of halogens is 1.